The highest BCUT2D eigenvalue weighted by atomic mass is 32.1. The molecule has 22 heavy (non-hydrogen) atoms. The van der Waals surface area contributed by atoms with Crippen molar-refractivity contribution in [3.05, 3.63) is 58.7 Å². The van der Waals surface area contributed by atoms with Crippen LogP contribution in [0.25, 0.3) is 0 Å². The molecule has 116 valence electrons. The summed E-state index contributed by atoms with van der Waals surface area (Å²) in [6.07, 6.45) is 0. The first kappa shape index (κ1) is 17.7. The first-order valence-electron chi connectivity index (χ1n) is 7.42. The van der Waals surface area contributed by atoms with Crippen LogP contribution in [0.2, 0.25) is 0 Å². The van der Waals surface area contributed by atoms with Crippen LogP contribution in [0.15, 0.2) is 36.4 Å². The molecule has 0 spiro atoms. The van der Waals surface area contributed by atoms with E-state index in [1.54, 1.807) is 0 Å². The maximum Gasteiger partial charge on any atom is 0.0534 e. The predicted molar refractivity (Wildman–Crippen MR) is 110 cm³/mol. The molecular formula is C19H24P2S. The summed E-state index contributed by atoms with van der Waals surface area (Å²) in [5.74, 6) is 0. The van der Waals surface area contributed by atoms with Gasteiger partial charge in [-0.3, -0.25) is 0 Å². The van der Waals surface area contributed by atoms with Gasteiger partial charge >= 0.3 is 0 Å². The van der Waals surface area contributed by atoms with Gasteiger partial charge in [0.15, 0.2) is 0 Å². The van der Waals surface area contributed by atoms with Crippen LogP contribution in [-0.2, 0) is 0 Å². The Bertz CT molecular complexity index is 643. The SMILES string of the molecule is Cc1ccc(C(=S)c2ccc(C)cc2P(C)C)c(P(C)C)c1. The highest BCUT2D eigenvalue weighted by molar-refractivity contribution is 7.81. The van der Waals surface area contributed by atoms with Gasteiger partial charge in [-0.15, -0.1) is 0 Å². The minimum absolute atomic E-state index is 0.169. The smallest absolute Gasteiger partial charge is 0.0534 e. The van der Waals surface area contributed by atoms with E-state index in [-0.39, 0.29) is 15.8 Å². The molecule has 0 amide bonds. The lowest BCUT2D eigenvalue weighted by molar-refractivity contribution is 1.47. The number of thiocarbonyl (C=S) groups is 1. The highest BCUT2D eigenvalue weighted by Crippen LogP contribution is 2.30. The molecule has 2 aromatic rings. The monoisotopic (exact) mass is 346 g/mol. The van der Waals surface area contributed by atoms with E-state index in [0.29, 0.717) is 0 Å². The molecule has 0 nitrogen and oxygen atoms in total. The maximum absolute atomic E-state index is 5.91. The van der Waals surface area contributed by atoms with Gasteiger partial charge in [-0.1, -0.05) is 75.6 Å². The van der Waals surface area contributed by atoms with E-state index in [0.717, 1.165) is 4.86 Å². The topological polar surface area (TPSA) is 0 Å². The second kappa shape index (κ2) is 7.31. The lowest BCUT2D eigenvalue weighted by Gasteiger charge is -2.19. The molecule has 2 rings (SSSR count). The molecule has 0 bridgehead atoms. The average molecular weight is 346 g/mol. The van der Waals surface area contributed by atoms with Crippen molar-refractivity contribution in [3.8, 4) is 0 Å². The van der Waals surface area contributed by atoms with Crippen molar-refractivity contribution in [1.29, 1.82) is 0 Å². The molecule has 0 saturated heterocycles. The van der Waals surface area contributed by atoms with Gasteiger partial charge in [0.25, 0.3) is 0 Å². The fourth-order valence-electron chi connectivity index (χ4n) is 2.55. The Labute approximate surface area is 142 Å². The lowest BCUT2D eigenvalue weighted by atomic mass is 10.0. The van der Waals surface area contributed by atoms with Crippen LogP contribution in [0.4, 0.5) is 0 Å². The van der Waals surface area contributed by atoms with Gasteiger partial charge in [0.1, 0.15) is 0 Å². The Hall–Kier alpha value is -0.610. The third kappa shape index (κ3) is 3.83. The lowest BCUT2D eigenvalue weighted by Crippen LogP contribution is -2.20. The number of aryl methyl sites for hydroxylation is 2. The second-order valence-corrected chi connectivity index (χ2v) is 11.1. The summed E-state index contributed by atoms with van der Waals surface area (Å²) in [6, 6.07) is 13.4. The van der Waals surface area contributed by atoms with Crippen LogP contribution >= 0.6 is 28.1 Å². The second-order valence-electron chi connectivity index (χ2n) is 6.16. The van der Waals surface area contributed by atoms with E-state index in [9.17, 15) is 0 Å². The van der Waals surface area contributed by atoms with Gasteiger partial charge in [-0.25, -0.2) is 0 Å². The summed E-state index contributed by atoms with van der Waals surface area (Å²) in [5, 5.41) is 2.84. The number of hydrogen-bond acceptors (Lipinski definition) is 1. The summed E-state index contributed by atoms with van der Waals surface area (Å²) in [4.78, 5) is 1.01. The molecule has 0 fully saturated rings. The van der Waals surface area contributed by atoms with E-state index in [2.05, 4.69) is 76.9 Å². The molecule has 0 N–H and O–H groups in total. The van der Waals surface area contributed by atoms with E-state index in [1.165, 1.54) is 32.9 Å². The summed E-state index contributed by atoms with van der Waals surface area (Å²) in [7, 11) is -0.338. The summed E-state index contributed by atoms with van der Waals surface area (Å²) < 4.78 is 0. The van der Waals surface area contributed by atoms with Crippen molar-refractivity contribution in [2.45, 2.75) is 13.8 Å². The molecule has 3 heteroatoms. The van der Waals surface area contributed by atoms with Gasteiger partial charge in [0.2, 0.25) is 0 Å². The fourth-order valence-corrected chi connectivity index (χ4v) is 5.32. The molecule has 0 aliphatic heterocycles. The largest absolute Gasteiger partial charge is 0.0810 e. The van der Waals surface area contributed by atoms with Crippen LogP contribution in [0.5, 0.6) is 0 Å². The van der Waals surface area contributed by atoms with Gasteiger partial charge < -0.3 is 0 Å². The van der Waals surface area contributed by atoms with Crippen molar-refractivity contribution in [2.75, 3.05) is 26.7 Å². The molecule has 0 unspecified atom stereocenters. The molecular weight excluding hydrogens is 322 g/mol. The Morgan fingerprint density at radius 2 is 1.09 bits per heavy atom. The van der Waals surface area contributed by atoms with Crippen molar-refractivity contribution in [1.82, 2.24) is 0 Å². The van der Waals surface area contributed by atoms with Gasteiger partial charge in [0.05, 0.1) is 4.86 Å². The van der Waals surface area contributed by atoms with Crippen LogP contribution < -0.4 is 10.6 Å². The Morgan fingerprint density at radius 3 is 1.41 bits per heavy atom. The molecule has 0 saturated carbocycles. The van der Waals surface area contributed by atoms with E-state index in [4.69, 9.17) is 12.2 Å². The minimum Gasteiger partial charge on any atom is -0.0810 e. The molecule has 0 aromatic heterocycles. The van der Waals surface area contributed by atoms with Crippen molar-refractivity contribution in [2.24, 2.45) is 0 Å². The Balaban J connectivity index is 2.58. The summed E-state index contributed by atoms with van der Waals surface area (Å²) in [6.45, 7) is 13.5. The average Bonchev–Trinajstić information content (AvgIpc) is 2.46. The van der Waals surface area contributed by atoms with Crippen molar-refractivity contribution < 1.29 is 0 Å². The quantitative estimate of drug-likeness (QED) is 0.435. The number of benzene rings is 2. The van der Waals surface area contributed by atoms with E-state index < -0.39 is 0 Å². The Morgan fingerprint density at radius 1 is 0.727 bits per heavy atom. The minimum atomic E-state index is -0.169. The zero-order valence-corrected chi connectivity index (χ0v) is 16.9. The highest BCUT2D eigenvalue weighted by Gasteiger charge is 2.16. The molecule has 0 atom stereocenters. The molecule has 0 radical (unpaired) electrons. The molecule has 0 heterocycles. The Kier molecular flexibility index (Phi) is 5.89. The van der Waals surface area contributed by atoms with Crippen LogP contribution in [0.1, 0.15) is 22.3 Å². The zero-order chi connectivity index (χ0) is 16.4. The van der Waals surface area contributed by atoms with Crippen LogP contribution in [0, 0.1) is 13.8 Å². The first-order valence-corrected chi connectivity index (χ1v) is 12.3. The zero-order valence-electron chi connectivity index (χ0n) is 14.3. The standard InChI is InChI=1S/C19H24P2S/c1-13-7-9-15(17(11-13)20(3)4)19(22)16-10-8-14(2)12-18(16)21(5)6/h7-12H,1-6H3. The molecule has 2 aromatic carbocycles. The van der Waals surface area contributed by atoms with Crippen molar-refractivity contribution in [3.63, 3.8) is 0 Å². The van der Waals surface area contributed by atoms with Crippen LogP contribution in [0.3, 0.4) is 0 Å². The predicted octanol–water partition coefficient (Wildman–Crippen LogP) is 4.80. The van der Waals surface area contributed by atoms with Gasteiger partial charge in [-0.2, -0.15) is 0 Å². The van der Waals surface area contributed by atoms with E-state index >= 15 is 0 Å². The van der Waals surface area contributed by atoms with Gasteiger partial charge in [-0.05, 0) is 51.1 Å². The van der Waals surface area contributed by atoms with E-state index in [1.807, 2.05) is 0 Å². The number of rotatable bonds is 4. The fraction of sp³-hybridized carbons (Fsp3) is 0.316. The van der Waals surface area contributed by atoms with Crippen molar-refractivity contribution >= 4 is 43.5 Å². The maximum atomic E-state index is 5.91. The first-order chi connectivity index (χ1) is 10.3. The summed E-state index contributed by atoms with van der Waals surface area (Å²) >= 11 is 5.91. The number of hydrogen-bond donors (Lipinski definition) is 0. The third-order valence-corrected chi connectivity index (χ3v) is 6.87. The van der Waals surface area contributed by atoms with Gasteiger partial charge in [0, 0.05) is 11.1 Å². The third-order valence-electron chi connectivity index (χ3n) is 3.76. The normalized spacial score (nSPS) is 11.3. The summed E-state index contributed by atoms with van der Waals surface area (Å²) in [5.41, 5.74) is 5.13. The molecule has 0 aliphatic carbocycles. The van der Waals surface area contributed by atoms with Crippen LogP contribution in [-0.4, -0.2) is 31.5 Å². The molecule has 0 aliphatic rings.